The van der Waals surface area contributed by atoms with Crippen LogP contribution in [0, 0.1) is 0 Å². The molecule has 8 heteroatoms. The van der Waals surface area contributed by atoms with E-state index in [0.717, 1.165) is 11.3 Å². The van der Waals surface area contributed by atoms with Crippen LogP contribution in [0.15, 0.2) is 76.5 Å². The smallest absolute Gasteiger partial charge is 0.291 e. The maximum Gasteiger partial charge on any atom is 0.291 e. The van der Waals surface area contributed by atoms with Gasteiger partial charge in [0.25, 0.3) is 5.91 Å². The lowest BCUT2D eigenvalue weighted by atomic mass is 10.2. The minimum atomic E-state index is -0.280. The van der Waals surface area contributed by atoms with Crippen molar-refractivity contribution in [2.24, 2.45) is 4.99 Å². The molecule has 0 spiro atoms. The largest absolute Gasteiger partial charge is 0.459 e. The van der Waals surface area contributed by atoms with Crippen molar-refractivity contribution in [3.63, 3.8) is 0 Å². The summed E-state index contributed by atoms with van der Waals surface area (Å²) in [5.41, 5.74) is 2.64. The molecule has 0 radical (unpaired) electrons. The minimum Gasteiger partial charge on any atom is -0.459 e. The van der Waals surface area contributed by atoms with E-state index in [0.29, 0.717) is 24.7 Å². The molecule has 1 amide bonds. The van der Waals surface area contributed by atoms with E-state index in [2.05, 4.69) is 25.9 Å². The molecule has 0 aliphatic rings. The third kappa shape index (κ3) is 6.38. The maximum atomic E-state index is 12.1. The Morgan fingerprint density at radius 3 is 2.64 bits per heavy atom. The summed E-state index contributed by atoms with van der Waals surface area (Å²) >= 11 is 0. The number of rotatable bonds is 6. The lowest BCUT2D eigenvalue weighted by Gasteiger charge is -2.12. The number of benzene rings is 1. The molecule has 146 valence electrons. The number of hydrogen-bond donors (Lipinski definition) is 3. The summed E-state index contributed by atoms with van der Waals surface area (Å²) in [6.07, 6.45) is 3.23. The third-order valence-corrected chi connectivity index (χ3v) is 3.78. The molecular formula is C20H22IN5O2. The number of pyridine rings is 1. The molecule has 0 bridgehead atoms. The van der Waals surface area contributed by atoms with Gasteiger partial charge in [-0.05, 0) is 42.0 Å². The quantitative estimate of drug-likeness (QED) is 0.279. The predicted octanol–water partition coefficient (Wildman–Crippen LogP) is 3.41. The van der Waals surface area contributed by atoms with Gasteiger partial charge in [-0.15, -0.1) is 24.0 Å². The number of hydrogen-bond acceptors (Lipinski definition) is 4. The molecule has 0 saturated heterocycles. The first kappa shape index (κ1) is 21.4. The van der Waals surface area contributed by atoms with Crippen LogP contribution in [0.25, 0.3) is 0 Å². The molecule has 1 aromatic carbocycles. The highest BCUT2D eigenvalue weighted by Crippen LogP contribution is 2.12. The van der Waals surface area contributed by atoms with Gasteiger partial charge in [0.15, 0.2) is 11.7 Å². The Hall–Kier alpha value is -2.88. The third-order valence-electron chi connectivity index (χ3n) is 3.78. The first-order chi connectivity index (χ1) is 13.2. The normalized spacial score (nSPS) is 10.7. The average Bonchev–Trinajstić information content (AvgIpc) is 3.24. The van der Waals surface area contributed by atoms with Gasteiger partial charge >= 0.3 is 0 Å². The van der Waals surface area contributed by atoms with Crippen LogP contribution in [-0.4, -0.2) is 23.9 Å². The number of aliphatic imine (C=N–C) groups is 1. The van der Waals surface area contributed by atoms with Crippen molar-refractivity contribution < 1.29 is 9.21 Å². The number of nitrogens with one attached hydrogen (secondary N) is 3. The molecule has 2 aromatic heterocycles. The molecule has 0 saturated carbocycles. The highest BCUT2D eigenvalue weighted by atomic mass is 127. The Morgan fingerprint density at radius 1 is 1.07 bits per heavy atom. The van der Waals surface area contributed by atoms with Gasteiger partial charge in [-0.2, -0.15) is 0 Å². The molecule has 2 heterocycles. The summed E-state index contributed by atoms with van der Waals surface area (Å²) in [5.74, 6) is 0.668. The van der Waals surface area contributed by atoms with Gasteiger partial charge in [0, 0.05) is 25.5 Å². The first-order valence-electron chi connectivity index (χ1n) is 8.53. The number of nitrogens with zero attached hydrogens (tertiary/aromatic N) is 2. The Morgan fingerprint density at radius 2 is 1.93 bits per heavy atom. The van der Waals surface area contributed by atoms with Crippen LogP contribution in [0.2, 0.25) is 0 Å². The van der Waals surface area contributed by atoms with Crippen LogP contribution < -0.4 is 16.0 Å². The molecule has 28 heavy (non-hydrogen) atoms. The van der Waals surface area contributed by atoms with E-state index in [4.69, 9.17) is 4.42 Å². The topological polar surface area (TPSA) is 91.5 Å². The zero-order valence-corrected chi connectivity index (χ0v) is 17.7. The molecular weight excluding hydrogens is 469 g/mol. The van der Waals surface area contributed by atoms with Gasteiger partial charge in [0.05, 0.1) is 18.5 Å². The van der Waals surface area contributed by atoms with E-state index in [1.807, 2.05) is 42.5 Å². The number of carbonyl (C=O) groups is 1. The molecule has 0 atom stereocenters. The zero-order valence-electron chi connectivity index (χ0n) is 15.4. The van der Waals surface area contributed by atoms with E-state index in [-0.39, 0.29) is 35.6 Å². The van der Waals surface area contributed by atoms with Crippen LogP contribution in [-0.2, 0) is 13.1 Å². The van der Waals surface area contributed by atoms with Crippen LogP contribution in [0.5, 0.6) is 0 Å². The lowest BCUT2D eigenvalue weighted by Crippen LogP contribution is -2.36. The van der Waals surface area contributed by atoms with E-state index < -0.39 is 0 Å². The van der Waals surface area contributed by atoms with Gasteiger partial charge in [-0.1, -0.05) is 18.2 Å². The van der Waals surface area contributed by atoms with Gasteiger partial charge < -0.3 is 20.4 Å². The number of anilines is 1. The number of aromatic nitrogens is 1. The van der Waals surface area contributed by atoms with Crippen molar-refractivity contribution >= 4 is 41.5 Å². The molecule has 0 fully saturated rings. The second-order valence-corrected chi connectivity index (χ2v) is 5.73. The van der Waals surface area contributed by atoms with Crippen molar-refractivity contribution in [2.45, 2.75) is 13.1 Å². The van der Waals surface area contributed by atoms with Crippen LogP contribution in [0.4, 0.5) is 5.69 Å². The van der Waals surface area contributed by atoms with Crippen molar-refractivity contribution in [2.75, 3.05) is 12.4 Å². The number of halogens is 1. The minimum absolute atomic E-state index is 0. The number of amides is 1. The van der Waals surface area contributed by atoms with Gasteiger partial charge in [-0.3, -0.25) is 14.8 Å². The summed E-state index contributed by atoms with van der Waals surface area (Å²) in [6, 6.07) is 16.7. The fourth-order valence-corrected chi connectivity index (χ4v) is 2.44. The summed E-state index contributed by atoms with van der Waals surface area (Å²) in [7, 11) is 1.72. The highest BCUT2D eigenvalue weighted by molar-refractivity contribution is 14.0. The fourth-order valence-electron chi connectivity index (χ4n) is 2.44. The Balaban J connectivity index is 0.00000280. The summed E-state index contributed by atoms with van der Waals surface area (Å²) in [6.45, 7) is 1.14. The Labute approximate surface area is 180 Å². The van der Waals surface area contributed by atoms with Crippen molar-refractivity contribution in [3.05, 3.63) is 84.1 Å². The fraction of sp³-hybridized carbons (Fsp3) is 0.150. The SMILES string of the molecule is CN=C(NCc1cccc(NC(=O)c2ccco2)c1)NCc1ccccn1.I. The highest BCUT2D eigenvalue weighted by Gasteiger charge is 2.09. The molecule has 3 rings (SSSR count). The second kappa shape index (κ2) is 11.1. The van der Waals surface area contributed by atoms with Crippen LogP contribution >= 0.6 is 24.0 Å². The molecule has 0 unspecified atom stereocenters. The maximum absolute atomic E-state index is 12.1. The van der Waals surface area contributed by atoms with E-state index >= 15 is 0 Å². The molecule has 7 nitrogen and oxygen atoms in total. The van der Waals surface area contributed by atoms with Gasteiger partial charge in [-0.25, -0.2) is 0 Å². The standard InChI is InChI=1S/C20H21N5O2.HI/c1-21-20(24-14-17-7-2-3-10-22-17)23-13-15-6-4-8-16(12-15)25-19(26)18-9-5-11-27-18;/h2-12H,13-14H2,1H3,(H,25,26)(H2,21,23,24);1H. The summed E-state index contributed by atoms with van der Waals surface area (Å²) in [5, 5.41) is 9.28. The zero-order chi connectivity index (χ0) is 18.9. The van der Waals surface area contributed by atoms with Crippen LogP contribution in [0.3, 0.4) is 0 Å². The summed E-state index contributed by atoms with van der Waals surface area (Å²) in [4.78, 5) is 20.5. The van der Waals surface area contributed by atoms with Gasteiger partial charge in [0.1, 0.15) is 0 Å². The van der Waals surface area contributed by atoms with E-state index in [9.17, 15) is 4.79 Å². The predicted molar refractivity (Wildman–Crippen MR) is 120 cm³/mol. The van der Waals surface area contributed by atoms with Crippen molar-refractivity contribution in [1.82, 2.24) is 15.6 Å². The molecule has 3 N–H and O–H groups in total. The Kier molecular flexibility index (Phi) is 8.47. The van der Waals surface area contributed by atoms with E-state index in [1.165, 1.54) is 6.26 Å². The lowest BCUT2D eigenvalue weighted by molar-refractivity contribution is 0.0996. The van der Waals surface area contributed by atoms with Crippen LogP contribution in [0.1, 0.15) is 21.8 Å². The average molecular weight is 491 g/mol. The van der Waals surface area contributed by atoms with Gasteiger partial charge in [0.2, 0.25) is 0 Å². The molecule has 0 aliphatic heterocycles. The first-order valence-corrected chi connectivity index (χ1v) is 8.53. The second-order valence-electron chi connectivity index (χ2n) is 5.73. The number of guanidine groups is 1. The monoisotopic (exact) mass is 491 g/mol. The Bertz CT molecular complexity index is 898. The van der Waals surface area contributed by atoms with Crippen molar-refractivity contribution in [1.29, 1.82) is 0 Å². The van der Waals surface area contributed by atoms with E-state index in [1.54, 1.807) is 25.4 Å². The molecule has 0 aliphatic carbocycles. The summed E-state index contributed by atoms with van der Waals surface area (Å²) < 4.78 is 5.10. The molecule has 3 aromatic rings. The van der Waals surface area contributed by atoms with Crippen molar-refractivity contribution in [3.8, 4) is 0 Å². The number of carbonyl (C=O) groups excluding carboxylic acids is 1. The number of furan rings is 1.